The largest absolute Gasteiger partial charge is 0.495 e. The maximum atomic E-state index is 13.3. The molecule has 4 aromatic heterocycles. The predicted octanol–water partition coefficient (Wildman–Crippen LogP) is 4.35. The molecule has 0 aliphatic carbocycles. The van der Waals surface area contributed by atoms with Crippen LogP contribution in [0.3, 0.4) is 0 Å². The monoisotopic (exact) mass is 381 g/mol. The van der Waals surface area contributed by atoms with Gasteiger partial charge in [-0.15, -0.1) is 0 Å². The van der Waals surface area contributed by atoms with Crippen LogP contribution in [0.4, 0.5) is 4.39 Å². The van der Waals surface area contributed by atoms with Crippen LogP contribution in [0.5, 0.6) is 5.75 Å². The number of ether oxygens (including phenoxy) is 1. The Labute approximate surface area is 160 Å². The highest BCUT2D eigenvalue weighted by molar-refractivity contribution is 6.30. The van der Waals surface area contributed by atoms with Crippen LogP contribution in [-0.4, -0.2) is 27.0 Å². The first-order valence-corrected chi connectivity index (χ1v) is 8.61. The predicted molar refractivity (Wildman–Crippen MR) is 101 cm³/mol. The van der Waals surface area contributed by atoms with Gasteiger partial charge in [0, 0.05) is 30.6 Å². The zero-order chi connectivity index (χ0) is 18.8. The summed E-state index contributed by atoms with van der Waals surface area (Å²) in [6.07, 6.45) is 8.63. The van der Waals surface area contributed by atoms with Crippen LogP contribution in [0.25, 0.3) is 11.0 Å². The lowest BCUT2D eigenvalue weighted by molar-refractivity contribution is 0.413. The van der Waals surface area contributed by atoms with E-state index in [-0.39, 0.29) is 0 Å². The van der Waals surface area contributed by atoms with E-state index in [0.717, 1.165) is 28.4 Å². The SMILES string of the molecule is COc1cnc2[nH]cc(Cc3ccc([CH]c4cncc(F)c4)nc3Cl)c2c1. The van der Waals surface area contributed by atoms with Gasteiger partial charge in [-0.1, -0.05) is 17.7 Å². The summed E-state index contributed by atoms with van der Waals surface area (Å²) in [5.41, 5.74) is 3.99. The Hall–Kier alpha value is -2.99. The third kappa shape index (κ3) is 3.75. The first kappa shape index (κ1) is 17.4. The molecule has 0 bridgehead atoms. The molecule has 0 saturated heterocycles. The van der Waals surface area contributed by atoms with Crippen LogP contribution in [0.15, 0.2) is 49.1 Å². The fraction of sp³-hybridized carbons (Fsp3) is 0.100. The molecule has 4 aromatic rings. The lowest BCUT2D eigenvalue weighted by atomic mass is 10.1. The molecule has 0 amide bonds. The van der Waals surface area contributed by atoms with Gasteiger partial charge in [-0.2, -0.15) is 0 Å². The number of hydrogen-bond acceptors (Lipinski definition) is 4. The summed E-state index contributed by atoms with van der Waals surface area (Å²) < 4.78 is 18.5. The Morgan fingerprint density at radius 3 is 2.85 bits per heavy atom. The van der Waals surface area contributed by atoms with E-state index < -0.39 is 5.82 Å². The van der Waals surface area contributed by atoms with Crippen LogP contribution in [-0.2, 0) is 6.42 Å². The average Bonchev–Trinajstić information content (AvgIpc) is 3.06. The molecule has 27 heavy (non-hydrogen) atoms. The maximum Gasteiger partial charge on any atom is 0.141 e. The number of nitrogens with one attached hydrogen (secondary N) is 1. The van der Waals surface area contributed by atoms with Gasteiger partial charge in [0.05, 0.1) is 25.2 Å². The van der Waals surface area contributed by atoms with Gasteiger partial charge in [0.25, 0.3) is 0 Å². The van der Waals surface area contributed by atoms with Crippen molar-refractivity contribution in [2.24, 2.45) is 0 Å². The molecule has 0 saturated carbocycles. The minimum Gasteiger partial charge on any atom is -0.495 e. The number of aromatic amines is 1. The van der Waals surface area contributed by atoms with E-state index in [4.69, 9.17) is 16.3 Å². The van der Waals surface area contributed by atoms with Crippen molar-refractivity contribution in [2.75, 3.05) is 7.11 Å². The molecule has 0 fully saturated rings. The number of aromatic nitrogens is 4. The molecular formula is C20H15ClFN4O. The van der Waals surface area contributed by atoms with Crippen molar-refractivity contribution in [2.45, 2.75) is 6.42 Å². The van der Waals surface area contributed by atoms with Crippen molar-refractivity contribution in [3.8, 4) is 5.75 Å². The number of H-pyrrole nitrogens is 1. The van der Waals surface area contributed by atoms with Crippen LogP contribution >= 0.6 is 11.6 Å². The summed E-state index contributed by atoms with van der Waals surface area (Å²) in [6.45, 7) is 0. The second-order valence-electron chi connectivity index (χ2n) is 6.03. The number of rotatable bonds is 5. The summed E-state index contributed by atoms with van der Waals surface area (Å²) in [5, 5.41) is 1.38. The Morgan fingerprint density at radius 2 is 2.07 bits per heavy atom. The first-order chi connectivity index (χ1) is 13.1. The summed E-state index contributed by atoms with van der Waals surface area (Å²) in [5.74, 6) is 0.302. The molecule has 0 atom stereocenters. The van der Waals surface area contributed by atoms with Gasteiger partial charge in [-0.25, -0.2) is 14.4 Å². The third-order valence-corrected chi connectivity index (χ3v) is 4.52. The van der Waals surface area contributed by atoms with Crippen LogP contribution in [0.1, 0.15) is 22.4 Å². The number of pyridine rings is 3. The van der Waals surface area contributed by atoms with Crippen molar-refractivity contribution >= 4 is 22.6 Å². The Kier molecular flexibility index (Phi) is 4.73. The van der Waals surface area contributed by atoms with Gasteiger partial charge in [0.2, 0.25) is 0 Å². The summed E-state index contributed by atoms with van der Waals surface area (Å²) in [6, 6.07) is 7.09. The van der Waals surface area contributed by atoms with Gasteiger partial charge < -0.3 is 9.72 Å². The molecule has 4 rings (SSSR count). The summed E-state index contributed by atoms with van der Waals surface area (Å²) >= 11 is 6.38. The van der Waals surface area contributed by atoms with Gasteiger partial charge >= 0.3 is 0 Å². The van der Waals surface area contributed by atoms with Gasteiger partial charge in [-0.3, -0.25) is 4.98 Å². The fourth-order valence-corrected chi connectivity index (χ4v) is 3.10. The lowest BCUT2D eigenvalue weighted by Gasteiger charge is -2.07. The van der Waals surface area contributed by atoms with E-state index in [1.165, 1.54) is 6.07 Å². The van der Waals surface area contributed by atoms with Crippen molar-refractivity contribution in [3.63, 3.8) is 0 Å². The Bertz CT molecular complexity index is 1110. The number of fused-ring (bicyclic) bond motifs is 1. The molecule has 135 valence electrons. The quantitative estimate of drug-likeness (QED) is 0.522. The number of nitrogens with zero attached hydrogens (tertiary/aromatic N) is 3. The van der Waals surface area contributed by atoms with Gasteiger partial charge in [0.1, 0.15) is 22.4 Å². The molecule has 1 radical (unpaired) electrons. The lowest BCUT2D eigenvalue weighted by Crippen LogP contribution is -1.96. The Balaban J connectivity index is 1.58. The van der Waals surface area contributed by atoms with E-state index >= 15 is 0 Å². The molecule has 5 nitrogen and oxygen atoms in total. The van der Waals surface area contributed by atoms with Crippen LogP contribution in [0, 0.1) is 12.2 Å². The average molecular weight is 382 g/mol. The van der Waals surface area contributed by atoms with Gasteiger partial charge in [-0.05, 0) is 34.9 Å². The molecule has 0 unspecified atom stereocenters. The van der Waals surface area contributed by atoms with Gasteiger partial charge in [0.15, 0.2) is 0 Å². The molecule has 0 spiro atoms. The van der Waals surface area contributed by atoms with Crippen LogP contribution in [0.2, 0.25) is 5.15 Å². The highest BCUT2D eigenvalue weighted by Gasteiger charge is 2.11. The number of halogens is 2. The van der Waals surface area contributed by atoms with E-state index in [0.29, 0.717) is 28.6 Å². The standard InChI is InChI=1S/C20H15ClFN4O/c1-27-17-7-18-14(9-24-20(18)25-11-17)6-13-2-3-16(26-19(13)21)5-12-4-15(22)10-23-8-12/h2-5,7-11H,6H2,1H3,(H,24,25). The van der Waals surface area contributed by atoms with E-state index in [2.05, 4.69) is 19.9 Å². The van der Waals surface area contributed by atoms with Crippen LogP contribution < -0.4 is 4.74 Å². The first-order valence-electron chi connectivity index (χ1n) is 8.23. The number of methoxy groups -OCH3 is 1. The summed E-state index contributed by atoms with van der Waals surface area (Å²) in [7, 11) is 1.61. The molecule has 0 aromatic carbocycles. The zero-order valence-electron chi connectivity index (χ0n) is 14.4. The third-order valence-electron chi connectivity index (χ3n) is 4.20. The maximum absolute atomic E-state index is 13.3. The molecule has 7 heteroatoms. The van der Waals surface area contributed by atoms with E-state index in [9.17, 15) is 4.39 Å². The zero-order valence-corrected chi connectivity index (χ0v) is 15.2. The minimum atomic E-state index is -0.394. The van der Waals surface area contributed by atoms with Crippen molar-refractivity contribution in [3.05, 3.63) is 88.8 Å². The molecule has 1 N–H and O–H groups in total. The second-order valence-corrected chi connectivity index (χ2v) is 6.39. The highest BCUT2D eigenvalue weighted by atomic mass is 35.5. The minimum absolute atomic E-state index is 0.394. The van der Waals surface area contributed by atoms with E-state index in [1.54, 1.807) is 25.9 Å². The topological polar surface area (TPSA) is 63.7 Å². The summed E-state index contributed by atoms with van der Waals surface area (Å²) in [4.78, 5) is 15.7. The highest BCUT2D eigenvalue weighted by Crippen LogP contribution is 2.26. The second kappa shape index (κ2) is 7.32. The fourth-order valence-electron chi connectivity index (χ4n) is 2.87. The van der Waals surface area contributed by atoms with Crippen molar-refractivity contribution in [1.82, 2.24) is 19.9 Å². The van der Waals surface area contributed by atoms with Crippen molar-refractivity contribution in [1.29, 1.82) is 0 Å². The normalized spacial score (nSPS) is 11.1. The van der Waals surface area contributed by atoms with Crippen molar-refractivity contribution < 1.29 is 9.13 Å². The molecule has 0 aliphatic heterocycles. The Morgan fingerprint density at radius 1 is 1.19 bits per heavy atom. The number of hydrogen-bond donors (Lipinski definition) is 1. The molecule has 0 aliphatic rings. The van der Waals surface area contributed by atoms with E-state index in [1.807, 2.05) is 24.4 Å². The molecular weight excluding hydrogens is 367 g/mol. The molecule has 4 heterocycles. The smallest absolute Gasteiger partial charge is 0.141 e.